The Morgan fingerprint density at radius 1 is 1.03 bits per heavy atom. The fourth-order valence-electron chi connectivity index (χ4n) is 5.38. The van der Waals surface area contributed by atoms with E-state index in [-0.39, 0.29) is 24.6 Å². The van der Waals surface area contributed by atoms with Gasteiger partial charge in [-0.05, 0) is 48.9 Å². The molecule has 1 aliphatic heterocycles. The number of fused-ring (bicyclic) bond motifs is 1. The van der Waals surface area contributed by atoms with Crippen molar-refractivity contribution in [1.82, 2.24) is 18.9 Å². The molecule has 0 unspecified atom stereocenters. The summed E-state index contributed by atoms with van der Waals surface area (Å²) in [5, 5.41) is 3.94. The number of hydrogen-bond donors (Lipinski definition) is 2. The summed E-state index contributed by atoms with van der Waals surface area (Å²) < 4.78 is 36.1. The summed E-state index contributed by atoms with van der Waals surface area (Å²) >= 11 is 0. The minimum absolute atomic E-state index is 0.0690. The van der Waals surface area contributed by atoms with Crippen LogP contribution in [-0.2, 0) is 21.5 Å². The molecule has 2 aliphatic rings. The van der Waals surface area contributed by atoms with Crippen molar-refractivity contribution in [3.63, 3.8) is 0 Å². The lowest BCUT2D eigenvalue weighted by Crippen LogP contribution is -2.41. The van der Waals surface area contributed by atoms with Crippen molar-refractivity contribution in [2.75, 3.05) is 20.1 Å². The van der Waals surface area contributed by atoms with E-state index in [1.54, 1.807) is 30.7 Å². The second-order valence-electron chi connectivity index (χ2n) is 9.75. The molecule has 1 aromatic carbocycles. The van der Waals surface area contributed by atoms with Gasteiger partial charge in [-0.25, -0.2) is 4.72 Å². The van der Waals surface area contributed by atoms with Crippen molar-refractivity contribution < 1.29 is 22.4 Å². The number of aromatic nitrogens is 1. The summed E-state index contributed by atoms with van der Waals surface area (Å²) in [5.41, 5.74) is 3.87. The van der Waals surface area contributed by atoms with E-state index in [1.807, 2.05) is 22.8 Å². The average molecular weight is 525 g/mol. The molecule has 2 aromatic heterocycles. The molecule has 10 heteroatoms. The Bertz CT molecular complexity index is 1430. The fraction of sp³-hybridized carbons (Fsp3) is 0.407. The molecule has 9 nitrogen and oxygen atoms in total. The minimum atomic E-state index is -4.02. The van der Waals surface area contributed by atoms with Crippen LogP contribution in [0.25, 0.3) is 22.2 Å². The molecule has 0 radical (unpaired) electrons. The monoisotopic (exact) mass is 524 g/mol. The van der Waals surface area contributed by atoms with Gasteiger partial charge in [0.2, 0.25) is 5.91 Å². The predicted molar refractivity (Wildman–Crippen MR) is 141 cm³/mol. The average Bonchev–Trinajstić information content (AvgIpc) is 3.52. The topological polar surface area (TPSA) is 114 Å². The van der Waals surface area contributed by atoms with Gasteiger partial charge in [0.1, 0.15) is 6.54 Å². The Hall–Kier alpha value is -3.37. The number of nitrogens with zero attached hydrogens (tertiary/aromatic N) is 2. The highest BCUT2D eigenvalue weighted by molar-refractivity contribution is 7.87. The third-order valence-electron chi connectivity index (χ3n) is 7.27. The molecular formula is C27H32N4O5S. The SMILES string of the molecule is CN1C/C=C\CCNC(=O)Cn2c(-c3ccoc3)c(C3CCCCC3)c3ccc(cc32)C(=O)NS1(=O)=O. The van der Waals surface area contributed by atoms with Gasteiger partial charge in [-0.15, -0.1) is 0 Å². The van der Waals surface area contributed by atoms with Gasteiger partial charge < -0.3 is 14.3 Å². The molecule has 1 aliphatic carbocycles. The molecule has 2 N–H and O–H groups in total. The van der Waals surface area contributed by atoms with Crippen LogP contribution in [0.15, 0.2) is 53.4 Å². The van der Waals surface area contributed by atoms with Crippen LogP contribution in [0.5, 0.6) is 0 Å². The van der Waals surface area contributed by atoms with E-state index in [0.717, 1.165) is 57.7 Å². The van der Waals surface area contributed by atoms with Crippen LogP contribution in [0.4, 0.5) is 0 Å². The third-order valence-corrected chi connectivity index (χ3v) is 8.68. The van der Waals surface area contributed by atoms with Gasteiger partial charge in [0, 0.05) is 36.7 Å². The number of furan rings is 1. The van der Waals surface area contributed by atoms with Gasteiger partial charge in [0.05, 0.1) is 23.7 Å². The molecule has 0 saturated heterocycles. The van der Waals surface area contributed by atoms with Gasteiger partial charge in [-0.2, -0.15) is 12.7 Å². The van der Waals surface area contributed by atoms with Gasteiger partial charge in [0.15, 0.2) is 0 Å². The Kier molecular flexibility index (Phi) is 7.21. The number of hydrogen-bond acceptors (Lipinski definition) is 5. The van der Waals surface area contributed by atoms with Gasteiger partial charge >= 0.3 is 10.2 Å². The highest BCUT2D eigenvalue weighted by atomic mass is 32.2. The third kappa shape index (κ3) is 5.21. The van der Waals surface area contributed by atoms with E-state index >= 15 is 0 Å². The van der Waals surface area contributed by atoms with E-state index in [9.17, 15) is 18.0 Å². The second-order valence-corrected chi connectivity index (χ2v) is 11.5. The number of nitrogens with one attached hydrogen (secondary N) is 2. The molecule has 3 heterocycles. The largest absolute Gasteiger partial charge is 0.472 e. The molecule has 0 spiro atoms. The minimum Gasteiger partial charge on any atom is -0.472 e. The summed E-state index contributed by atoms with van der Waals surface area (Å²) in [6.07, 6.45) is 13.0. The first-order valence-electron chi connectivity index (χ1n) is 12.7. The number of benzene rings is 1. The van der Waals surface area contributed by atoms with Crippen molar-refractivity contribution in [3.8, 4) is 11.3 Å². The number of rotatable bonds is 2. The molecule has 196 valence electrons. The molecule has 0 atom stereocenters. The summed E-state index contributed by atoms with van der Waals surface area (Å²) in [6, 6.07) is 7.12. The highest BCUT2D eigenvalue weighted by Crippen LogP contribution is 2.44. The van der Waals surface area contributed by atoms with Crippen LogP contribution >= 0.6 is 0 Å². The van der Waals surface area contributed by atoms with Gasteiger partial charge in [-0.1, -0.05) is 37.5 Å². The molecular weight excluding hydrogens is 492 g/mol. The number of amides is 2. The quantitative estimate of drug-likeness (QED) is 0.493. The Morgan fingerprint density at radius 2 is 1.84 bits per heavy atom. The second kappa shape index (κ2) is 10.5. The zero-order chi connectivity index (χ0) is 26.0. The Morgan fingerprint density at radius 3 is 2.59 bits per heavy atom. The summed E-state index contributed by atoms with van der Waals surface area (Å²) in [4.78, 5) is 26.1. The molecule has 1 fully saturated rings. The van der Waals surface area contributed by atoms with E-state index in [1.165, 1.54) is 13.5 Å². The van der Waals surface area contributed by atoms with Crippen LogP contribution in [0.3, 0.4) is 0 Å². The normalized spacial score (nSPS) is 21.1. The van der Waals surface area contributed by atoms with Crippen molar-refractivity contribution in [1.29, 1.82) is 0 Å². The zero-order valence-corrected chi connectivity index (χ0v) is 21.7. The molecule has 5 rings (SSSR count). The van der Waals surface area contributed by atoms with Crippen molar-refractivity contribution in [2.45, 2.75) is 51.0 Å². The smallest absolute Gasteiger partial charge is 0.304 e. The Balaban J connectivity index is 1.69. The van der Waals surface area contributed by atoms with Crippen LogP contribution < -0.4 is 10.0 Å². The van der Waals surface area contributed by atoms with Crippen molar-refractivity contribution >= 4 is 32.9 Å². The summed E-state index contributed by atoms with van der Waals surface area (Å²) in [6.45, 7) is 0.611. The van der Waals surface area contributed by atoms with Crippen LogP contribution in [0.1, 0.15) is 60.4 Å². The molecule has 3 aromatic rings. The Labute approximate surface area is 216 Å². The molecule has 2 bridgehead atoms. The van der Waals surface area contributed by atoms with E-state index < -0.39 is 16.1 Å². The molecule has 2 amide bonds. The lowest BCUT2D eigenvalue weighted by atomic mass is 9.82. The zero-order valence-electron chi connectivity index (χ0n) is 20.9. The fourth-order valence-corrected chi connectivity index (χ4v) is 6.17. The first-order chi connectivity index (χ1) is 17.8. The maximum Gasteiger partial charge on any atom is 0.304 e. The van der Waals surface area contributed by atoms with Gasteiger partial charge in [-0.3, -0.25) is 9.59 Å². The van der Waals surface area contributed by atoms with E-state index in [2.05, 4.69) is 10.0 Å². The van der Waals surface area contributed by atoms with Crippen molar-refractivity contribution in [2.24, 2.45) is 0 Å². The first-order valence-corrected chi connectivity index (χ1v) is 14.2. The van der Waals surface area contributed by atoms with Crippen molar-refractivity contribution in [3.05, 3.63) is 60.1 Å². The standard InChI is InChI=1S/C27H32N4O5S/c1-30-14-7-3-6-13-28-24(32)17-31-23-16-20(27(33)29-37(30,34)35)10-11-22(23)25(19-8-4-2-5-9-19)26(31)21-12-15-36-18-21/h3,7,10-12,15-16,18-19H,2,4-6,8-9,13-14,17H2,1H3,(H,28,32)(H,29,33)/b7-3-. The van der Waals surface area contributed by atoms with E-state index in [4.69, 9.17) is 4.42 Å². The van der Waals surface area contributed by atoms with Crippen LogP contribution in [0, 0.1) is 0 Å². The maximum absolute atomic E-state index is 13.1. The molecule has 37 heavy (non-hydrogen) atoms. The van der Waals surface area contributed by atoms with E-state index in [0.29, 0.717) is 18.9 Å². The first kappa shape index (κ1) is 25.3. The summed E-state index contributed by atoms with van der Waals surface area (Å²) in [5.74, 6) is -0.531. The lowest BCUT2D eigenvalue weighted by molar-refractivity contribution is -0.121. The number of carbonyl (C=O) groups is 2. The number of carbonyl (C=O) groups excluding carboxylic acids is 2. The lowest BCUT2D eigenvalue weighted by Gasteiger charge is -2.23. The highest BCUT2D eigenvalue weighted by Gasteiger charge is 2.29. The maximum atomic E-state index is 13.1. The number of likely N-dealkylation sites (N-methyl/N-ethyl adjacent to an activating group) is 1. The summed E-state index contributed by atoms with van der Waals surface area (Å²) in [7, 11) is -2.61. The van der Waals surface area contributed by atoms with Gasteiger partial charge in [0.25, 0.3) is 5.91 Å². The molecule has 1 saturated carbocycles. The van der Waals surface area contributed by atoms with Crippen LogP contribution in [-0.4, -0.2) is 49.2 Å². The predicted octanol–water partition coefficient (Wildman–Crippen LogP) is 3.93. The van der Waals surface area contributed by atoms with Crippen LogP contribution in [0.2, 0.25) is 0 Å².